The molecule has 1 N–H and O–H groups in total. The van der Waals surface area contributed by atoms with Crippen LogP contribution in [0.2, 0.25) is 0 Å². The number of aryl methyl sites for hydroxylation is 1. The summed E-state index contributed by atoms with van der Waals surface area (Å²) in [5.74, 6) is 0. The molecule has 3 nitrogen and oxygen atoms in total. The SMILES string of the molecule is Cc1ccsc1Nc1ccc(N2CCOCC2)cc1. The minimum Gasteiger partial charge on any atom is -0.378 e. The van der Waals surface area contributed by atoms with Crippen LogP contribution in [0.4, 0.5) is 16.4 Å². The van der Waals surface area contributed by atoms with Gasteiger partial charge in [0.2, 0.25) is 0 Å². The molecule has 0 aliphatic carbocycles. The van der Waals surface area contributed by atoms with E-state index in [0.29, 0.717) is 0 Å². The van der Waals surface area contributed by atoms with Crippen LogP contribution in [0.15, 0.2) is 35.7 Å². The Labute approximate surface area is 117 Å². The summed E-state index contributed by atoms with van der Waals surface area (Å²) in [6.45, 7) is 5.75. The first-order valence-corrected chi connectivity index (χ1v) is 7.45. The first-order valence-electron chi connectivity index (χ1n) is 6.57. The van der Waals surface area contributed by atoms with Crippen molar-refractivity contribution in [1.82, 2.24) is 0 Å². The Morgan fingerprint density at radius 2 is 1.84 bits per heavy atom. The molecule has 100 valence electrons. The maximum absolute atomic E-state index is 5.38. The van der Waals surface area contributed by atoms with Gasteiger partial charge in [0, 0.05) is 24.5 Å². The smallest absolute Gasteiger partial charge is 0.0956 e. The number of hydrogen-bond acceptors (Lipinski definition) is 4. The summed E-state index contributed by atoms with van der Waals surface area (Å²) in [5.41, 5.74) is 3.71. The molecular weight excluding hydrogens is 256 g/mol. The third-order valence-electron chi connectivity index (χ3n) is 3.36. The summed E-state index contributed by atoms with van der Waals surface area (Å²) in [6, 6.07) is 10.8. The Hall–Kier alpha value is -1.52. The molecule has 1 aromatic carbocycles. The molecule has 1 aromatic heterocycles. The zero-order chi connectivity index (χ0) is 13.1. The quantitative estimate of drug-likeness (QED) is 0.925. The molecule has 4 heteroatoms. The third-order valence-corrected chi connectivity index (χ3v) is 4.30. The fourth-order valence-corrected chi connectivity index (χ4v) is 3.05. The third kappa shape index (κ3) is 2.91. The van der Waals surface area contributed by atoms with Crippen LogP contribution in [0, 0.1) is 6.92 Å². The van der Waals surface area contributed by atoms with E-state index >= 15 is 0 Å². The highest BCUT2D eigenvalue weighted by Gasteiger charge is 2.10. The molecule has 2 heterocycles. The number of nitrogens with one attached hydrogen (secondary N) is 1. The molecule has 1 fully saturated rings. The van der Waals surface area contributed by atoms with Crippen molar-refractivity contribution in [2.24, 2.45) is 0 Å². The van der Waals surface area contributed by atoms with Gasteiger partial charge in [-0.3, -0.25) is 0 Å². The number of ether oxygens (including phenoxy) is 1. The molecule has 0 unspecified atom stereocenters. The molecule has 2 aromatic rings. The van der Waals surface area contributed by atoms with E-state index in [2.05, 4.69) is 52.9 Å². The minimum absolute atomic E-state index is 0.828. The molecule has 0 bridgehead atoms. The van der Waals surface area contributed by atoms with Gasteiger partial charge in [0.15, 0.2) is 0 Å². The number of nitrogens with zero attached hydrogens (tertiary/aromatic N) is 1. The molecule has 3 rings (SSSR count). The molecule has 0 spiro atoms. The Balaban J connectivity index is 1.70. The molecule has 1 saturated heterocycles. The van der Waals surface area contributed by atoms with Gasteiger partial charge >= 0.3 is 0 Å². The number of anilines is 3. The van der Waals surface area contributed by atoms with Gasteiger partial charge in [0.1, 0.15) is 0 Å². The van der Waals surface area contributed by atoms with Gasteiger partial charge < -0.3 is 15.0 Å². The maximum Gasteiger partial charge on any atom is 0.0956 e. The molecule has 19 heavy (non-hydrogen) atoms. The molecule has 0 saturated carbocycles. The molecular formula is C15H18N2OS. The van der Waals surface area contributed by atoms with Gasteiger partial charge in [0.05, 0.1) is 18.2 Å². The Morgan fingerprint density at radius 1 is 1.11 bits per heavy atom. The average Bonchev–Trinajstić information content (AvgIpc) is 2.86. The molecule has 0 atom stereocenters. The minimum atomic E-state index is 0.828. The first kappa shape index (κ1) is 12.5. The highest BCUT2D eigenvalue weighted by molar-refractivity contribution is 7.14. The van der Waals surface area contributed by atoms with Crippen molar-refractivity contribution in [3.05, 3.63) is 41.3 Å². The monoisotopic (exact) mass is 274 g/mol. The van der Waals surface area contributed by atoms with Crippen LogP contribution in [0.25, 0.3) is 0 Å². The molecule has 0 radical (unpaired) electrons. The van der Waals surface area contributed by atoms with Crippen LogP contribution in [0.3, 0.4) is 0 Å². The van der Waals surface area contributed by atoms with Crippen LogP contribution in [0.1, 0.15) is 5.56 Å². The second kappa shape index (κ2) is 5.63. The van der Waals surface area contributed by atoms with E-state index in [0.717, 1.165) is 32.0 Å². The zero-order valence-electron chi connectivity index (χ0n) is 11.1. The number of benzene rings is 1. The van der Waals surface area contributed by atoms with Crippen molar-refractivity contribution in [2.75, 3.05) is 36.5 Å². The van der Waals surface area contributed by atoms with Gasteiger partial charge in [-0.05, 0) is 48.2 Å². The summed E-state index contributed by atoms with van der Waals surface area (Å²) in [6.07, 6.45) is 0. The van der Waals surface area contributed by atoms with Gasteiger partial charge in [-0.15, -0.1) is 11.3 Å². The summed E-state index contributed by atoms with van der Waals surface area (Å²) < 4.78 is 5.38. The second-order valence-corrected chi connectivity index (χ2v) is 5.62. The summed E-state index contributed by atoms with van der Waals surface area (Å²) in [4.78, 5) is 2.36. The Kier molecular flexibility index (Phi) is 3.71. The van der Waals surface area contributed by atoms with Gasteiger partial charge in [-0.25, -0.2) is 0 Å². The average molecular weight is 274 g/mol. The highest BCUT2D eigenvalue weighted by Crippen LogP contribution is 2.27. The van der Waals surface area contributed by atoms with E-state index < -0.39 is 0 Å². The van der Waals surface area contributed by atoms with Crippen molar-refractivity contribution in [3.63, 3.8) is 0 Å². The lowest BCUT2D eigenvalue weighted by Gasteiger charge is -2.28. The highest BCUT2D eigenvalue weighted by atomic mass is 32.1. The van der Waals surface area contributed by atoms with Crippen LogP contribution in [-0.4, -0.2) is 26.3 Å². The number of hydrogen-bond donors (Lipinski definition) is 1. The van der Waals surface area contributed by atoms with E-state index in [-0.39, 0.29) is 0 Å². The van der Waals surface area contributed by atoms with E-state index in [4.69, 9.17) is 4.74 Å². The van der Waals surface area contributed by atoms with Gasteiger partial charge in [-0.2, -0.15) is 0 Å². The standard InChI is InChI=1S/C15H18N2OS/c1-12-6-11-19-15(12)16-13-2-4-14(5-3-13)17-7-9-18-10-8-17/h2-6,11,16H,7-10H2,1H3. The van der Waals surface area contributed by atoms with Crippen molar-refractivity contribution in [1.29, 1.82) is 0 Å². The van der Waals surface area contributed by atoms with Crippen LogP contribution in [-0.2, 0) is 4.74 Å². The largest absolute Gasteiger partial charge is 0.378 e. The topological polar surface area (TPSA) is 24.5 Å². The predicted molar refractivity (Wildman–Crippen MR) is 81.8 cm³/mol. The van der Waals surface area contributed by atoms with Crippen LogP contribution < -0.4 is 10.2 Å². The zero-order valence-corrected chi connectivity index (χ0v) is 11.9. The van der Waals surface area contributed by atoms with E-state index in [1.54, 1.807) is 11.3 Å². The molecule has 0 amide bonds. The maximum atomic E-state index is 5.38. The number of thiophene rings is 1. The normalized spacial score (nSPS) is 15.5. The van der Waals surface area contributed by atoms with Crippen molar-refractivity contribution < 1.29 is 4.74 Å². The second-order valence-electron chi connectivity index (χ2n) is 4.70. The predicted octanol–water partition coefficient (Wildman–Crippen LogP) is 3.64. The fourth-order valence-electron chi connectivity index (χ4n) is 2.21. The summed E-state index contributed by atoms with van der Waals surface area (Å²) in [5, 5.41) is 6.79. The first-order chi connectivity index (χ1) is 9.33. The van der Waals surface area contributed by atoms with Crippen molar-refractivity contribution >= 4 is 27.7 Å². The van der Waals surface area contributed by atoms with Crippen LogP contribution in [0.5, 0.6) is 0 Å². The van der Waals surface area contributed by atoms with E-state index in [1.807, 2.05) is 0 Å². The number of morpholine rings is 1. The fraction of sp³-hybridized carbons (Fsp3) is 0.333. The van der Waals surface area contributed by atoms with Crippen LogP contribution >= 0.6 is 11.3 Å². The summed E-state index contributed by atoms with van der Waals surface area (Å²) >= 11 is 1.74. The van der Waals surface area contributed by atoms with Crippen molar-refractivity contribution in [2.45, 2.75) is 6.92 Å². The number of rotatable bonds is 3. The van der Waals surface area contributed by atoms with E-state index in [9.17, 15) is 0 Å². The molecule has 1 aliphatic rings. The summed E-state index contributed by atoms with van der Waals surface area (Å²) in [7, 11) is 0. The lowest BCUT2D eigenvalue weighted by Crippen LogP contribution is -2.36. The Bertz CT molecular complexity index is 529. The Morgan fingerprint density at radius 3 is 2.47 bits per heavy atom. The lowest BCUT2D eigenvalue weighted by atomic mass is 10.2. The van der Waals surface area contributed by atoms with E-state index in [1.165, 1.54) is 16.3 Å². The molecule has 1 aliphatic heterocycles. The van der Waals surface area contributed by atoms with Crippen molar-refractivity contribution in [3.8, 4) is 0 Å². The van der Waals surface area contributed by atoms with Gasteiger partial charge in [0.25, 0.3) is 0 Å². The lowest BCUT2D eigenvalue weighted by molar-refractivity contribution is 0.122. The van der Waals surface area contributed by atoms with Gasteiger partial charge in [-0.1, -0.05) is 0 Å².